The van der Waals surface area contributed by atoms with E-state index in [0.29, 0.717) is 22.7 Å². The van der Waals surface area contributed by atoms with Crippen molar-refractivity contribution in [3.8, 4) is 5.75 Å². The summed E-state index contributed by atoms with van der Waals surface area (Å²) in [5.74, 6) is 0.533. The van der Waals surface area contributed by atoms with Gasteiger partial charge in [0.1, 0.15) is 11.6 Å². The van der Waals surface area contributed by atoms with Gasteiger partial charge in [0, 0.05) is 36.6 Å². The average Bonchev–Trinajstić information content (AvgIpc) is 3.31. The zero-order valence-electron chi connectivity index (χ0n) is 15.6. The smallest absolute Gasteiger partial charge is 0.255 e. The number of benzene rings is 1. The van der Waals surface area contributed by atoms with Crippen LogP contribution in [-0.4, -0.2) is 30.8 Å². The van der Waals surface area contributed by atoms with Crippen LogP contribution in [0.3, 0.4) is 0 Å². The number of aryl methyl sites for hydroxylation is 1. The first-order valence-electron chi connectivity index (χ1n) is 9.35. The van der Waals surface area contributed by atoms with Gasteiger partial charge in [0.15, 0.2) is 0 Å². The van der Waals surface area contributed by atoms with Crippen LogP contribution in [-0.2, 0) is 0 Å². The maximum Gasteiger partial charge on any atom is 0.255 e. The molecule has 2 aliphatic rings. The Hall–Kier alpha value is -2.08. The van der Waals surface area contributed by atoms with Crippen molar-refractivity contribution in [2.45, 2.75) is 45.2 Å². The molecular formula is C20H26FN3O2. The molecule has 1 aliphatic heterocycles. The molecule has 140 valence electrons. The normalized spacial score (nSPS) is 21.4. The van der Waals surface area contributed by atoms with Gasteiger partial charge in [-0.25, -0.2) is 4.39 Å². The summed E-state index contributed by atoms with van der Waals surface area (Å²) in [4.78, 5) is 14.7. The third-order valence-corrected chi connectivity index (χ3v) is 5.88. The Morgan fingerprint density at radius 1 is 1.31 bits per heavy atom. The summed E-state index contributed by atoms with van der Waals surface area (Å²) >= 11 is 0. The van der Waals surface area contributed by atoms with Gasteiger partial charge < -0.3 is 19.9 Å². The van der Waals surface area contributed by atoms with Crippen molar-refractivity contribution in [2.75, 3.05) is 25.1 Å². The summed E-state index contributed by atoms with van der Waals surface area (Å²) < 4.78 is 22.3. The molecule has 0 amide bonds. The van der Waals surface area contributed by atoms with Crippen LogP contribution in [0.2, 0.25) is 0 Å². The lowest BCUT2D eigenvalue weighted by molar-refractivity contribution is 0.417. The van der Waals surface area contributed by atoms with Gasteiger partial charge in [0.25, 0.3) is 5.56 Å². The quantitative estimate of drug-likeness (QED) is 0.912. The van der Waals surface area contributed by atoms with Crippen molar-refractivity contribution >= 4 is 16.6 Å². The van der Waals surface area contributed by atoms with Crippen molar-refractivity contribution < 1.29 is 9.13 Å². The van der Waals surface area contributed by atoms with Gasteiger partial charge in [0.05, 0.1) is 18.3 Å². The number of hydrogen-bond acceptors (Lipinski definition) is 4. The Morgan fingerprint density at radius 3 is 2.62 bits per heavy atom. The van der Waals surface area contributed by atoms with E-state index in [1.165, 1.54) is 19.2 Å². The van der Waals surface area contributed by atoms with Gasteiger partial charge in [-0.1, -0.05) is 0 Å². The highest BCUT2D eigenvalue weighted by Crippen LogP contribution is 2.42. The molecule has 1 saturated carbocycles. The lowest BCUT2D eigenvalue weighted by atomic mass is 10.0. The Balaban J connectivity index is 1.93. The standard InChI is InChI=1S/C20H26FN3O2/c1-11-19-15(17(26-3)9-18(25)24(19)14-4-5-14)8-16(21)20(11)23-7-6-13(10-23)12(2)22/h8-9,12-14H,4-7,10,22H2,1-3H3/t12-,13?/m0/s1. The molecule has 26 heavy (non-hydrogen) atoms. The Kier molecular flexibility index (Phi) is 4.18. The van der Waals surface area contributed by atoms with Crippen molar-refractivity contribution in [3.63, 3.8) is 0 Å². The third kappa shape index (κ3) is 2.67. The molecule has 1 saturated heterocycles. The molecule has 2 atom stereocenters. The van der Waals surface area contributed by atoms with Crippen LogP contribution in [0.4, 0.5) is 10.1 Å². The number of fused-ring (bicyclic) bond motifs is 1. The number of aromatic nitrogens is 1. The molecule has 6 heteroatoms. The summed E-state index contributed by atoms with van der Waals surface area (Å²) in [5.41, 5.74) is 8.19. The lowest BCUT2D eigenvalue weighted by Crippen LogP contribution is -2.30. The minimum atomic E-state index is -0.264. The summed E-state index contributed by atoms with van der Waals surface area (Å²) in [6.07, 6.45) is 2.94. The van der Waals surface area contributed by atoms with Crippen LogP contribution in [0.25, 0.3) is 10.9 Å². The topological polar surface area (TPSA) is 60.5 Å². The van der Waals surface area contributed by atoms with Gasteiger partial charge >= 0.3 is 0 Å². The van der Waals surface area contributed by atoms with Crippen molar-refractivity contribution in [1.82, 2.24) is 4.57 Å². The molecule has 1 aromatic heterocycles. The zero-order chi connectivity index (χ0) is 18.6. The van der Waals surface area contributed by atoms with Crippen LogP contribution in [0.1, 0.15) is 37.8 Å². The fraction of sp³-hybridized carbons (Fsp3) is 0.550. The van der Waals surface area contributed by atoms with E-state index in [0.717, 1.165) is 43.4 Å². The minimum Gasteiger partial charge on any atom is -0.496 e. The maximum atomic E-state index is 15.1. The van der Waals surface area contributed by atoms with Crippen LogP contribution >= 0.6 is 0 Å². The fourth-order valence-electron chi connectivity index (χ4n) is 4.30. The maximum absolute atomic E-state index is 15.1. The fourth-order valence-corrected chi connectivity index (χ4v) is 4.30. The van der Waals surface area contributed by atoms with Crippen molar-refractivity contribution in [3.05, 3.63) is 33.9 Å². The number of nitrogens with two attached hydrogens (primary N) is 1. The molecule has 1 aromatic carbocycles. The zero-order valence-corrected chi connectivity index (χ0v) is 15.6. The SMILES string of the molecule is COc1cc(=O)n(C2CC2)c2c(C)c(N3CCC([C@H](C)N)C3)c(F)cc12. The summed E-state index contributed by atoms with van der Waals surface area (Å²) in [6.45, 7) is 5.46. The Labute approximate surface area is 152 Å². The lowest BCUT2D eigenvalue weighted by Gasteiger charge is -2.25. The first-order valence-corrected chi connectivity index (χ1v) is 9.35. The number of hydrogen-bond donors (Lipinski definition) is 1. The van der Waals surface area contributed by atoms with E-state index >= 15 is 4.39 Å². The molecule has 1 aliphatic carbocycles. The molecule has 2 fully saturated rings. The van der Waals surface area contributed by atoms with E-state index in [2.05, 4.69) is 4.90 Å². The van der Waals surface area contributed by atoms with E-state index < -0.39 is 0 Å². The van der Waals surface area contributed by atoms with E-state index in [9.17, 15) is 4.79 Å². The first-order chi connectivity index (χ1) is 12.4. The first kappa shape index (κ1) is 17.3. The molecule has 0 radical (unpaired) electrons. The van der Waals surface area contributed by atoms with Crippen molar-refractivity contribution in [2.24, 2.45) is 11.7 Å². The summed E-state index contributed by atoms with van der Waals surface area (Å²) in [6, 6.07) is 3.30. The predicted octanol–water partition coefficient (Wildman–Crippen LogP) is 2.97. The highest BCUT2D eigenvalue weighted by molar-refractivity contribution is 5.92. The van der Waals surface area contributed by atoms with Crippen LogP contribution < -0.4 is 20.9 Å². The molecule has 4 rings (SSSR count). The Bertz CT molecular complexity index is 918. The molecule has 2 N–H and O–H groups in total. The molecule has 0 spiro atoms. The molecule has 2 aromatic rings. The van der Waals surface area contributed by atoms with Gasteiger partial charge in [0.2, 0.25) is 0 Å². The molecular weight excluding hydrogens is 333 g/mol. The second-order valence-electron chi connectivity index (χ2n) is 7.73. The summed E-state index contributed by atoms with van der Waals surface area (Å²) in [5, 5.41) is 0.667. The third-order valence-electron chi connectivity index (χ3n) is 5.88. The highest BCUT2D eigenvalue weighted by Gasteiger charge is 2.32. The number of ether oxygens (including phenoxy) is 1. The minimum absolute atomic E-state index is 0.0765. The highest BCUT2D eigenvalue weighted by atomic mass is 19.1. The van der Waals surface area contributed by atoms with Crippen LogP contribution in [0.15, 0.2) is 16.9 Å². The van der Waals surface area contributed by atoms with Gasteiger partial charge in [-0.15, -0.1) is 0 Å². The number of methoxy groups -OCH3 is 1. The monoisotopic (exact) mass is 359 g/mol. The Morgan fingerprint density at radius 2 is 2.04 bits per heavy atom. The van der Waals surface area contributed by atoms with E-state index in [4.69, 9.17) is 10.5 Å². The van der Waals surface area contributed by atoms with Gasteiger partial charge in [-0.05, 0) is 50.7 Å². The van der Waals surface area contributed by atoms with Crippen LogP contribution in [0, 0.1) is 18.7 Å². The second kappa shape index (κ2) is 6.27. The van der Waals surface area contributed by atoms with Gasteiger partial charge in [-0.2, -0.15) is 0 Å². The predicted molar refractivity (Wildman–Crippen MR) is 102 cm³/mol. The number of halogens is 1. The number of pyridine rings is 1. The number of rotatable bonds is 4. The van der Waals surface area contributed by atoms with Gasteiger partial charge in [-0.3, -0.25) is 4.79 Å². The van der Waals surface area contributed by atoms with E-state index in [1.807, 2.05) is 18.4 Å². The second-order valence-corrected chi connectivity index (χ2v) is 7.73. The number of nitrogens with zero attached hydrogens (tertiary/aromatic N) is 2. The number of anilines is 1. The average molecular weight is 359 g/mol. The molecule has 0 bridgehead atoms. The molecule has 2 heterocycles. The molecule has 1 unspecified atom stereocenters. The van der Waals surface area contributed by atoms with E-state index in [-0.39, 0.29) is 23.5 Å². The largest absolute Gasteiger partial charge is 0.496 e. The summed E-state index contributed by atoms with van der Waals surface area (Å²) in [7, 11) is 1.52. The van der Waals surface area contributed by atoms with Crippen LogP contribution in [0.5, 0.6) is 5.75 Å². The molecule has 5 nitrogen and oxygen atoms in total. The van der Waals surface area contributed by atoms with E-state index in [1.54, 1.807) is 0 Å². The van der Waals surface area contributed by atoms with Crippen molar-refractivity contribution in [1.29, 1.82) is 0 Å².